The van der Waals surface area contributed by atoms with Crippen molar-refractivity contribution in [3.63, 3.8) is 0 Å². The lowest BCUT2D eigenvalue weighted by atomic mass is 9.42. The summed E-state index contributed by atoms with van der Waals surface area (Å²) in [6.07, 6.45) is 6.63. The van der Waals surface area contributed by atoms with Gasteiger partial charge in [-0.2, -0.15) is 0 Å². The van der Waals surface area contributed by atoms with E-state index in [0.717, 1.165) is 58.0 Å². The maximum absolute atomic E-state index is 14.5. The summed E-state index contributed by atoms with van der Waals surface area (Å²) in [6.45, 7) is 13.9. The Balaban J connectivity index is 1.37. The quantitative estimate of drug-likeness (QED) is 0.612. The molecule has 5 fully saturated rings. The first-order chi connectivity index (χ1) is 15.3. The van der Waals surface area contributed by atoms with Crippen LogP contribution in [0.15, 0.2) is 17.1 Å². The number of hydrogen-bond acceptors (Lipinski definition) is 4. The molecule has 0 aromatic heterocycles. The molecule has 4 nitrogen and oxygen atoms in total. The molecule has 1 aliphatic heterocycles. The molecule has 0 radical (unpaired) electrons. The number of hydrogen-bond donors (Lipinski definition) is 1. The molecule has 0 aromatic rings. The van der Waals surface area contributed by atoms with E-state index in [0.29, 0.717) is 42.9 Å². The third-order valence-corrected chi connectivity index (χ3v) is 10.4. The highest BCUT2D eigenvalue weighted by Gasteiger charge is 2.64. The number of alkyl halides is 1. The lowest BCUT2D eigenvalue weighted by Crippen LogP contribution is -2.56. The number of allylic oxidation sites excluding steroid dienone is 1. The van der Waals surface area contributed by atoms with E-state index in [1.807, 2.05) is 6.92 Å². The predicted octanol–water partition coefficient (Wildman–Crippen LogP) is 5.13. The third kappa shape index (κ3) is 3.36. The van der Waals surface area contributed by atoms with E-state index < -0.39 is 11.6 Å². The Labute approximate surface area is 192 Å². The van der Waals surface area contributed by atoms with Crippen molar-refractivity contribution in [1.29, 1.82) is 0 Å². The Kier molecular flexibility index (Phi) is 5.89. The van der Waals surface area contributed by atoms with Crippen molar-refractivity contribution in [1.82, 2.24) is 5.32 Å². The van der Waals surface area contributed by atoms with Gasteiger partial charge in [0, 0.05) is 23.6 Å². The van der Waals surface area contributed by atoms with Crippen molar-refractivity contribution < 1.29 is 13.9 Å². The number of aliphatic imine (C=N–C) groups is 1. The molecular weight excluding hydrogens is 403 g/mol. The number of rotatable bonds is 4. The smallest absolute Gasteiger partial charge is 0.173 e. The van der Waals surface area contributed by atoms with E-state index in [9.17, 15) is 9.18 Å². The molecule has 0 bridgehead atoms. The fraction of sp³-hybridized carbons (Fsp3) is 0.852. The van der Waals surface area contributed by atoms with E-state index in [1.54, 1.807) is 0 Å². The number of carbonyl (C=O) groups is 1. The second-order valence-electron chi connectivity index (χ2n) is 11.8. The zero-order valence-corrected chi connectivity index (χ0v) is 20.2. The first-order valence-corrected chi connectivity index (χ1v) is 13.0. The summed E-state index contributed by atoms with van der Waals surface area (Å²) in [5.41, 5.74) is 2.37. The van der Waals surface area contributed by atoms with Crippen LogP contribution < -0.4 is 5.32 Å². The van der Waals surface area contributed by atoms with Gasteiger partial charge in [0.2, 0.25) is 0 Å². The average Bonchev–Trinajstić information content (AvgIpc) is 3.36. The molecule has 5 aliphatic rings. The number of nitrogens with one attached hydrogen (secondary N) is 1. The highest BCUT2D eigenvalue weighted by molar-refractivity contribution is 5.91. The fourth-order valence-corrected chi connectivity index (χ4v) is 8.79. The van der Waals surface area contributed by atoms with Crippen LogP contribution in [-0.4, -0.2) is 43.6 Å². The lowest BCUT2D eigenvalue weighted by molar-refractivity contribution is -0.137. The minimum absolute atomic E-state index is 0.124. The summed E-state index contributed by atoms with van der Waals surface area (Å²) < 4.78 is 20.6. The second-order valence-corrected chi connectivity index (χ2v) is 11.8. The van der Waals surface area contributed by atoms with Gasteiger partial charge < -0.3 is 10.1 Å². The summed E-state index contributed by atoms with van der Waals surface area (Å²) in [5.74, 6) is 1.89. The maximum atomic E-state index is 14.5. The van der Waals surface area contributed by atoms with Crippen molar-refractivity contribution in [2.75, 3.05) is 19.8 Å². The van der Waals surface area contributed by atoms with Gasteiger partial charge in [0.15, 0.2) is 12.0 Å². The standard InChI is InChI=1S/C27H41FN2O2/c1-5-18-23(30-15-32-17-8-11-29-14-17)7-10-26(3)20-6-9-27(4)21(13-22(28)25(27)31)19(20)12-16(2)24(18)26/h17-22,24,29H,2,5-15H2,1,3-4H3/b30-23+/t17?,18-,19?,20?,21?,22?,24?,26+,27-/m0/s1. The van der Waals surface area contributed by atoms with Gasteiger partial charge in [-0.3, -0.25) is 9.79 Å². The SMILES string of the molecule is C=C1CC2C(CC[C@]3(C)C(=O)C(F)CC23)[C@@]2(C)CC/C(=N\COC3CCNC3)[C@H](CC)C12. The Morgan fingerprint density at radius 3 is 2.78 bits per heavy atom. The molecule has 1 heterocycles. The number of nitrogens with zero attached hydrogens (tertiary/aromatic N) is 1. The number of fused-ring (bicyclic) bond motifs is 5. The maximum Gasteiger partial charge on any atom is 0.173 e. The molecule has 1 saturated heterocycles. The second kappa shape index (κ2) is 8.30. The summed E-state index contributed by atoms with van der Waals surface area (Å²) >= 11 is 0. The molecular formula is C27H41FN2O2. The zero-order chi connectivity index (χ0) is 22.7. The van der Waals surface area contributed by atoms with Crippen molar-refractivity contribution in [3.8, 4) is 0 Å². The molecule has 32 heavy (non-hydrogen) atoms. The molecule has 0 aromatic carbocycles. The summed E-state index contributed by atoms with van der Waals surface area (Å²) in [6, 6.07) is 0. The van der Waals surface area contributed by atoms with E-state index in [-0.39, 0.29) is 17.1 Å². The number of ether oxygens (including phenoxy) is 1. The van der Waals surface area contributed by atoms with Crippen LogP contribution in [0.4, 0.5) is 4.39 Å². The van der Waals surface area contributed by atoms with Crippen LogP contribution in [0.2, 0.25) is 0 Å². The minimum atomic E-state index is -1.26. The molecule has 1 N–H and O–H groups in total. The third-order valence-electron chi connectivity index (χ3n) is 10.4. The van der Waals surface area contributed by atoms with Gasteiger partial charge in [-0.25, -0.2) is 4.39 Å². The van der Waals surface area contributed by atoms with Crippen LogP contribution in [-0.2, 0) is 9.53 Å². The monoisotopic (exact) mass is 444 g/mol. The molecule has 0 spiro atoms. The van der Waals surface area contributed by atoms with Crippen molar-refractivity contribution in [2.45, 2.75) is 84.4 Å². The molecule has 5 rings (SSSR count). The average molecular weight is 445 g/mol. The first-order valence-electron chi connectivity index (χ1n) is 13.0. The molecule has 0 amide bonds. The van der Waals surface area contributed by atoms with E-state index >= 15 is 0 Å². The van der Waals surface area contributed by atoms with Crippen LogP contribution in [0.3, 0.4) is 0 Å². The van der Waals surface area contributed by atoms with Crippen LogP contribution in [0.1, 0.15) is 72.1 Å². The summed E-state index contributed by atoms with van der Waals surface area (Å²) in [5, 5.41) is 3.35. The highest BCUT2D eigenvalue weighted by atomic mass is 19.1. The molecule has 4 aliphatic carbocycles. The first kappa shape index (κ1) is 22.7. The molecule has 178 valence electrons. The van der Waals surface area contributed by atoms with Gasteiger partial charge in [-0.15, -0.1) is 0 Å². The zero-order valence-electron chi connectivity index (χ0n) is 20.2. The number of ketones is 1. The Morgan fingerprint density at radius 1 is 1.25 bits per heavy atom. The molecule has 4 saturated carbocycles. The van der Waals surface area contributed by atoms with Crippen LogP contribution in [0.5, 0.6) is 0 Å². The van der Waals surface area contributed by atoms with Crippen LogP contribution in [0.25, 0.3) is 0 Å². The van der Waals surface area contributed by atoms with Crippen molar-refractivity contribution >= 4 is 11.5 Å². The number of carbonyl (C=O) groups excluding carboxylic acids is 1. The van der Waals surface area contributed by atoms with Crippen LogP contribution >= 0.6 is 0 Å². The van der Waals surface area contributed by atoms with Gasteiger partial charge in [0.1, 0.15) is 6.73 Å². The van der Waals surface area contributed by atoms with E-state index in [2.05, 4.69) is 25.7 Å². The Morgan fingerprint density at radius 2 is 2.06 bits per heavy atom. The van der Waals surface area contributed by atoms with Gasteiger partial charge >= 0.3 is 0 Å². The molecule has 9 atom stereocenters. The van der Waals surface area contributed by atoms with Gasteiger partial charge in [0.25, 0.3) is 0 Å². The topological polar surface area (TPSA) is 50.7 Å². The Hall–Kier alpha value is -1.07. The summed E-state index contributed by atoms with van der Waals surface area (Å²) in [7, 11) is 0. The van der Waals surface area contributed by atoms with E-state index in [1.165, 1.54) is 11.3 Å². The largest absolute Gasteiger partial charge is 0.355 e. The lowest BCUT2D eigenvalue weighted by Gasteiger charge is -2.61. The van der Waals surface area contributed by atoms with Crippen LogP contribution in [0, 0.1) is 40.4 Å². The fourth-order valence-electron chi connectivity index (χ4n) is 8.79. The van der Waals surface area contributed by atoms with Gasteiger partial charge in [0.05, 0.1) is 6.10 Å². The predicted molar refractivity (Wildman–Crippen MR) is 125 cm³/mol. The Bertz CT molecular complexity index is 805. The van der Waals surface area contributed by atoms with Crippen molar-refractivity contribution in [2.24, 2.45) is 45.4 Å². The van der Waals surface area contributed by atoms with E-state index in [4.69, 9.17) is 9.73 Å². The molecule has 6 unspecified atom stereocenters. The number of halogens is 1. The highest BCUT2D eigenvalue weighted by Crippen LogP contribution is 2.67. The minimum Gasteiger partial charge on any atom is -0.355 e. The number of Topliss-reactive ketones (excluding diaryl/α,β-unsaturated/α-hetero) is 1. The van der Waals surface area contributed by atoms with Gasteiger partial charge in [-0.05, 0) is 87.0 Å². The molecule has 5 heteroatoms. The van der Waals surface area contributed by atoms with Crippen molar-refractivity contribution in [3.05, 3.63) is 12.2 Å². The van der Waals surface area contributed by atoms with Gasteiger partial charge in [-0.1, -0.05) is 32.9 Å². The normalized spacial score (nSPS) is 49.8. The summed E-state index contributed by atoms with van der Waals surface area (Å²) in [4.78, 5) is 17.7.